The van der Waals surface area contributed by atoms with Crippen LogP contribution in [0, 0.1) is 10.1 Å². The number of para-hydroxylation sites is 1. The number of nitro benzene ring substituents is 1. The molecule has 0 aliphatic carbocycles. The molecule has 4 aromatic rings. The summed E-state index contributed by atoms with van der Waals surface area (Å²) in [7, 11) is 0. The van der Waals surface area contributed by atoms with Crippen molar-refractivity contribution in [1.29, 1.82) is 0 Å². The summed E-state index contributed by atoms with van der Waals surface area (Å²) in [6, 6.07) is 21.3. The van der Waals surface area contributed by atoms with Gasteiger partial charge in [0.2, 0.25) is 0 Å². The molecule has 0 bridgehead atoms. The monoisotopic (exact) mass is 386 g/mol. The summed E-state index contributed by atoms with van der Waals surface area (Å²) in [5.74, 6) is -0.0990. The second-order valence-corrected chi connectivity index (χ2v) is 6.53. The molecular formula is C22H18N4O3. The van der Waals surface area contributed by atoms with Gasteiger partial charge in [-0.1, -0.05) is 42.5 Å². The smallest absolute Gasteiger partial charge is 0.270 e. The van der Waals surface area contributed by atoms with E-state index in [1.165, 1.54) is 12.1 Å². The number of nitrogens with one attached hydrogen (secondary N) is 1. The summed E-state index contributed by atoms with van der Waals surface area (Å²) in [4.78, 5) is 18.4. The molecule has 29 heavy (non-hydrogen) atoms. The quantitative estimate of drug-likeness (QED) is 0.267. The van der Waals surface area contributed by atoms with E-state index in [1.807, 2.05) is 54.6 Å². The number of aromatic amines is 1. The molecule has 0 aliphatic rings. The number of aliphatic imine (C=N–C) groups is 1. The van der Waals surface area contributed by atoms with E-state index in [2.05, 4.69) is 4.98 Å². The number of nitrogens with two attached hydrogens (primary N) is 1. The summed E-state index contributed by atoms with van der Waals surface area (Å²) in [5.41, 5.74) is 9.56. The third-order valence-electron chi connectivity index (χ3n) is 4.67. The van der Waals surface area contributed by atoms with E-state index in [9.17, 15) is 15.2 Å². The minimum Gasteiger partial charge on any atom is -0.494 e. The van der Waals surface area contributed by atoms with Crippen LogP contribution in [0.4, 0.5) is 11.4 Å². The van der Waals surface area contributed by atoms with Gasteiger partial charge in [-0.25, -0.2) is 4.99 Å². The Kier molecular flexibility index (Phi) is 4.80. The number of hydrogen-bond acceptors (Lipinski definition) is 5. The molecule has 0 saturated carbocycles. The van der Waals surface area contributed by atoms with Crippen LogP contribution >= 0.6 is 0 Å². The van der Waals surface area contributed by atoms with Crippen molar-refractivity contribution in [2.75, 3.05) is 0 Å². The molecule has 0 aliphatic heterocycles. The Morgan fingerprint density at radius 1 is 1.07 bits per heavy atom. The van der Waals surface area contributed by atoms with Gasteiger partial charge in [0, 0.05) is 35.1 Å². The Balaban J connectivity index is 1.98. The van der Waals surface area contributed by atoms with Gasteiger partial charge in [0.1, 0.15) is 0 Å². The highest BCUT2D eigenvalue weighted by atomic mass is 16.6. The lowest BCUT2D eigenvalue weighted by Crippen LogP contribution is -2.04. The van der Waals surface area contributed by atoms with Crippen molar-refractivity contribution < 1.29 is 10.0 Å². The fourth-order valence-electron chi connectivity index (χ4n) is 3.21. The van der Waals surface area contributed by atoms with Crippen molar-refractivity contribution in [2.45, 2.75) is 6.54 Å². The maximum absolute atomic E-state index is 11.3. The van der Waals surface area contributed by atoms with Gasteiger partial charge in [-0.15, -0.1) is 0 Å². The second kappa shape index (κ2) is 7.57. The van der Waals surface area contributed by atoms with Crippen LogP contribution in [0.5, 0.6) is 5.88 Å². The van der Waals surface area contributed by atoms with Crippen LogP contribution in [0.3, 0.4) is 0 Å². The van der Waals surface area contributed by atoms with Gasteiger partial charge in [0.25, 0.3) is 5.69 Å². The number of aromatic nitrogens is 1. The van der Waals surface area contributed by atoms with Crippen LogP contribution in [0.15, 0.2) is 77.8 Å². The lowest BCUT2D eigenvalue weighted by molar-refractivity contribution is -0.384. The number of nitrogens with zero attached hydrogens (tertiary/aromatic N) is 2. The molecule has 1 aromatic heterocycles. The fraction of sp³-hybridized carbons (Fsp3) is 0.0455. The van der Waals surface area contributed by atoms with E-state index in [0.29, 0.717) is 34.4 Å². The van der Waals surface area contributed by atoms with E-state index < -0.39 is 4.92 Å². The minimum absolute atomic E-state index is 0.0599. The van der Waals surface area contributed by atoms with Gasteiger partial charge < -0.3 is 15.8 Å². The molecule has 7 heteroatoms. The Hall–Kier alpha value is -3.97. The second-order valence-electron chi connectivity index (χ2n) is 6.53. The lowest BCUT2D eigenvalue weighted by Gasteiger charge is -2.09. The first-order valence-corrected chi connectivity index (χ1v) is 8.99. The SMILES string of the molecule is NCc1ccc(C(=Nc2ccccc2)c2c(O)[nH]c3ccc([N+](=O)[O-])cc23)cc1. The standard InChI is InChI=1S/C22H18N4O3/c23-13-14-6-8-15(9-7-14)21(24-16-4-2-1-3-5-16)20-18-12-17(26(28)29)10-11-19(18)25-22(20)27/h1-12,25,27H,13,23H2. The molecule has 7 nitrogen and oxygen atoms in total. The van der Waals surface area contributed by atoms with Crippen molar-refractivity contribution in [3.8, 4) is 5.88 Å². The van der Waals surface area contributed by atoms with Gasteiger partial charge in [0.05, 0.1) is 21.9 Å². The summed E-state index contributed by atoms with van der Waals surface area (Å²) in [6.07, 6.45) is 0. The van der Waals surface area contributed by atoms with Gasteiger partial charge in [0.15, 0.2) is 5.88 Å². The number of nitro groups is 1. The van der Waals surface area contributed by atoms with Gasteiger partial charge in [-0.3, -0.25) is 10.1 Å². The van der Waals surface area contributed by atoms with E-state index in [4.69, 9.17) is 10.7 Å². The number of benzene rings is 3. The number of aromatic hydroxyl groups is 1. The minimum atomic E-state index is -0.461. The number of fused-ring (bicyclic) bond motifs is 1. The molecule has 1 heterocycles. The summed E-state index contributed by atoms with van der Waals surface area (Å²) in [5, 5.41) is 22.4. The summed E-state index contributed by atoms with van der Waals surface area (Å²) >= 11 is 0. The van der Waals surface area contributed by atoms with Crippen LogP contribution in [0.2, 0.25) is 0 Å². The maximum Gasteiger partial charge on any atom is 0.270 e. The van der Waals surface area contributed by atoms with E-state index in [-0.39, 0.29) is 11.6 Å². The van der Waals surface area contributed by atoms with Crippen molar-refractivity contribution in [3.05, 3.63) is 99.6 Å². The first-order valence-electron chi connectivity index (χ1n) is 8.99. The Morgan fingerprint density at radius 3 is 2.45 bits per heavy atom. The lowest BCUT2D eigenvalue weighted by atomic mass is 9.99. The maximum atomic E-state index is 11.3. The van der Waals surface area contributed by atoms with Crippen molar-refractivity contribution in [2.24, 2.45) is 10.7 Å². The molecule has 0 radical (unpaired) electrons. The molecule has 4 N–H and O–H groups in total. The summed E-state index contributed by atoms with van der Waals surface area (Å²) in [6.45, 7) is 0.413. The highest BCUT2D eigenvalue weighted by molar-refractivity contribution is 6.22. The highest BCUT2D eigenvalue weighted by Gasteiger charge is 2.21. The van der Waals surface area contributed by atoms with Gasteiger partial charge in [-0.05, 0) is 23.8 Å². The van der Waals surface area contributed by atoms with Crippen LogP contribution in [-0.4, -0.2) is 20.7 Å². The molecule has 0 saturated heterocycles. The van der Waals surface area contributed by atoms with Crippen LogP contribution in [0.25, 0.3) is 10.9 Å². The van der Waals surface area contributed by atoms with Crippen LogP contribution in [-0.2, 0) is 6.54 Å². The first-order chi connectivity index (χ1) is 14.1. The van der Waals surface area contributed by atoms with Gasteiger partial charge >= 0.3 is 0 Å². The molecule has 0 atom stereocenters. The number of rotatable bonds is 5. The van der Waals surface area contributed by atoms with Crippen LogP contribution in [0.1, 0.15) is 16.7 Å². The average Bonchev–Trinajstić information content (AvgIpc) is 3.07. The molecule has 3 aromatic carbocycles. The predicted molar refractivity (Wildman–Crippen MR) is 113 cm³/mol. The normalized spacial score (nSPS) is 11.7. The first kappa shape index (κ1) is 18.4. The van der Waals surface area contributed by atoms with Crippen LogP contribution < -0.4 is 5.73 Å². The third-order valence-corrected chi connectivity index (χ3v) is 4.67. The predicted octanol–water partition coefficient (Wildman–Crippen LogP) is 4.41. The number of H-pyrrole nitrogens is 1. The largest absolute Gasteiger partial charge is 0.494 e. The highest BCUT2D eigenvalue weighted by Crippen LogP contribution is 2.33. The van der Waals surface area contributed by atoms with E-state index in [1.54, 1.807) is 6.07 Å². The van der Waals surface area contributed by atoms with Gasteiger partial charge in [-0.2, -0.15) is 0 Å². The Bertz CT molecular complexity index is 1210. The molecular weight excluding hydrogens is 368 g/mol. The van der Waals surface area contributed by atoms with E-state index in [0.717, 1.165) is 11.1 Å². The Morgan fingerprint density at radius 2 is 1.79 bits per heavy atom. The molecule has 0 fully saturated rings. The van der Waals surface area contributed by atoms with Crippen molar-refractivity contribution in [3.63, 3.8) is 0 Å². The van der Waals surface area contributed by atoms with E-state index >= 15 is 0 Å². The zero-order valence-electron chi connectivity index (χ0n) is 15.4. The average molecular weight is 386 g/mol. The zero-order chi connectivity index (χ0) is 20.4. The molecule has 0 amide bonds. The molecule has 0 spiro atoms. The third kappa shape index (κ3) is 3.59. The fourth-order valence-corrected chi connectivity index (χ4v) is 3.21. The Labute approximate surface area is 166 Å². The summed E-state index contributed by atoms with van der Waals surface area (Å²) < 4.78 is 0. The number of hydrogen-bond donors (Lipinski definition) is 3. The molecule has 144 valence electrons. The molecule has 4 rings (SSSR count). The molecule has 0 unspecified atom stereocenters. The van der Waals surface area contributed by atoms with Crippen molar-refractivity contribution >= 4 is 28.0 Å². The topological polar surface area (TPSA) is 118 Å². The number of non-ortho nitro benzene ring substituents is 1. The van der Waals surface area contributed by atoms with Crippen molar-refractivity contribution in [1.82, 2.24) is 4.98 Å². The zero-order valence-corrected chi connectivity index (χ0v) is 15.4.